The van der Waals surface area contributed by atoms with Gasteiger partial charge in [0.25, 0.3) is 0 Å². The smallest absolute Gasteiger partial charge is 0.153 e. The van der Waals surface area contributed by atoms with Crippen LogP contribution >= 0.6 is 15.9 Å². The molecule has 0 aromatic heterocycles. The molecule has 0 N–H and O–H groups in total. The minimum Gasteiger partial charge on any atom is -0.488 e. The van der Waals surface area contributed by atoms with Crippen molar-refractivity contribution in [3.05, 3.63) is 62.9 Å². The van der Waals surface area contributed by atoms with Crippen LogP contribution in [0.1, 0.15) is 27.0 Å². The van der Waals surface area contributed by atoms with Crippen molar-refractivity contribution in [2.24, 2.45) is 0 Å². The third-order valence-corrected chi connectivity index (χ3v) is 3.39. The summed E-state index contributed by atoms with van der Waals surface area (Å²) < 4.78 is 19.7. The molecule has 2 rings (SSSR count). The maximum atomic E-state index is 13.2. The monoisotopic (exact) mass is 347 g/mol. The number of nitrogens with zero attached hydrogens (tertiary/aromatic N) is 1. The number of benzene rings is 2. The summed E-state index contributed by atoms with van der Waals surface area (Å²) in [6.45, 7) is 1.98. The van der Waals surface area contributed by atoms with E-state index in [9.17, 15) is 9.18 Å². The van der Waals surface area contributed by atoms with E-state index in [-0.39, 0.29) is 12.2 Å². The van der Waals surface area contributed by atoms with Crippen molar-refractivity contribution in [3.8, 4) is 11.8 Å². The van der Waals surface area contributed by atoms with Gasteiger partial charge in [0.1, 0.15) is 24.2 Å². The fraction of sp³-hybridized carbons (Fsp3) is 0.125. The highest BCUT2D eigenvalue weighted by Gasteiger charge is 2.10. The summed E-state index contributed by atoms with van der Waals surface area (Å²) in [5.74, 6) is -0.0781. The number of aldehydes is 1. The van der Waals surface area contributed by atoms with Crippen LogP contribution in [0.3, 0.4) is 0 Å². The molecule has 5 heteroatoms. The first-order chi connectivity index (χ1) is 10.0. The maximum Gasteiger partial charge on any atom is 0.153 e. The fourth-order valence-corrected chi connectivity index (χ4v) is 2.53. The van der Waals surface area contributed by atoms with Crippen molar-refractivity contribution in [2.75, 3.05) is 0 Å². The van der Waals surface area contributed by atoms with Crippen molar-refractivity contribution >= 4 is 22.2 Å². The molecule has 0 aliphatic heterocycles. The zero-order valence-corrected chi connectivity index (χ0v) is 12.8. The van der Waals surface area contributed by atoms with Crippen molar-refractivity contribution in [1.29, 1.82) is 5.26 Å². The van der Waals surface area contributed by atoms with Gasteiger partial charge < -0.3 is 4.74 Å². The van der Waals surface area contributed by atoms with Gasteiger partial charge in [-0.3, -0.25) is 4.79 Å². The molecule has 0 aliphatic rings. The standard InChI is InChI=1S/C16H11BrFNO2/c1-10-4-14(17)6-13(8-20)16(10)21-9-11-2-3-15(18)12(5-11)7-19/h2-6,8H,9H2,1H3. The molecule has 0 amide bonds. The second-order valence-electron chi connectivity index (χ2n) is 4.47. The van der Waals surface area contributed by atoms with Crippen LogP contribution in [-0.4, -0.2) is 6.29 Å². The Bertz CT molecular complexity index is 738. The SMILES string of the molecule is Cc1cc(Br)cc(C=O)c1OCc1ccc(F)c(C#N)c1. The molecule has 2 aromatic rings. The molecule has 0 heterocycles. The van der Waals surface area contributed by atoms with Crippen LogP contribution in [0.2, 0.25) is 0 Å². The first kappa shape index (κ1) is 15.2. The molecule has 0 spiro atoms. The molecule has 0 radical (unpaired) electrons. The zero-order chi connectivity index (χ0) is 15.4. The predicted molar refractivity (Wildman–Crippen MR) is 79.7 cm³/mol. The van der Waals surface area contributed by atoms with Crippen molar-refractivity contribution in [3.63, 3.8) is 0 Å². The predicted octanol–water partition coefficient (Wildman–Crippen LogP) is 4.16. The first-order valence-electron chi connectivity index (χ1n) is 6.12. The van der Waals surface area contributed by atoms with E-state index in [1.807, 2.05) is 13.0 Å². The Hall–Kier alpha value is -2.19. The van der Waals surface area contributed by atoms with E-state index in [1.165, 1.54) is 12.1 Å². The molecule has 0 unspecified atom stereocenters. The number of ether oxygens (including phenoxy) is 1. The van der Waals surface area contributed by atoms with Crippen molar-refractivity contribution < 1.29 is 13.9 Å². The van der Waals surface area contributed by atoms with E-state index < -0.39 is 5.82 Å². The molecule has 0 fully saturated rings. The van der Waals surface area contributed by atoms with E-state index in [0.29, 0.717) is 16.9 Å². The molecule has 106 valence electrons. The third-order valence-electron chi connectivity index (χ3n) is 2.93. The topological polar surface area (TPSA) is 50.1 Å². The molecule has 0 saturated heterocycles. The van der Waals surface area contributed by atoms with Crippen LogP contribution in [-0.2, 0) is 6.61 Å². The summed E-state index contributed by atoms with van der Waals surface area (Å²) in [6.07, 6.45) is 0.721. The Morgan fingerprint density at radius 1 is 1.38 bits per heavy atom. The summed E-state index contributed by atoms with van der Waals surface area (Å²) in [5, 5.41) is 8.80. The number of aryl methyl sites for hydroxylation is 1. The average Bonchev–Trinajstić information content (AvgIpc) is 2.47. The highest BCUT2D eigenvalue weighted by atomic mass is 79.9. The van der Waals surface area contributed by atoms with Crippen LogP contribution in [0.25, 0.3) is 0 Å². The number of halogens is 2. The van der Waals surface area contributed by atoms with Crippen molar-refractivity contribution in [2.45, 2.75) is 13.5 Å². The van der Waals surface area contributed by atoms with Crippen LogP contribution in [0.5, 0.6) is 5.75 Å². The van der Waals surface area contributed by atoms with Gasteiger partial charge in [0, 0.05) is 4.47 Å². The van der Waals surface area contributed by atoms with E-state index in [1.54, 1.807) is 18.2 Å². The molecular formula is C16H11BrFNO2. The molecule has 3 nitrogen and oxygen atoms in total. The van der Waals surface area contributed by atoms with E-state index >= 15 is 0 Å². The van der Waals surface area contributed by atoms with Crippen LogP contribution in [0.4, 0.5) is 4.39 Å². The number of hydrogen-bond acceptors (Lipinski definition) is 3. The second kappa shape index (κ2) is 6.51. The number of carbonyl (C=O) groups excluding carboxylic acids is 1. The Balaban J connectivity index is 2.25. The third kappa shape index (κ3) is 3.47. The summed E-state index contributed by atoms with van der Waals surface area (Å²) in [5.41, 5.74) is 1.88. The average molecular weight is 348 g/mol. The van der Waals surface area contributed by atoms with E-state index in [2.05, 4.69) is 15.9 Å². The van der Waals surface area contributed by atoms with E-state index in [0.717, 1.165) is 16.3 Å². The number of nitriles is 1. The molecule has 0 bridgehead atoms. The lowest BCUT2D eigenvalue weighted by Gasteiger charge is -2.12. The zero-order valence-electron chi connectivity index (χ0n) is 11.2. The van der Waals surface area contributed by atoms with Crippen LogP contribution < -0.4 is 4.74 Å². The summed E-state index contributed by atoms with van der Waals surface area (Å²) >= 11 is 3.32. The molecule has 0 saturated carbocycles. The number of carbonyl (C=O) groups is 1. The van der Waals surface area contributed by atoms with Crippen LogP contribution in [0, 0.1) is 24.1 Å². The van der Waals surface area contributed by atoms with Gasteiger partial charge in [-0.15, -0.1) is 0 Å². The van der Waals surface area contributed by atoms with Gasteiger partial charge in [0.2, 0.25) is 0 Å². The van der Waals surface area contributed by atoms with Gasteiger partial charge in [-0.1, -0.05) is 22.0 Å². The largest absolute Gasteiger partial charge is 0.488 e. The van der Waals surface area contributed by atoms with Gasteiger partial charge in [0.05, 0.1) is 11.1 Å². The maximum absolute atomic E-state index is 13.2. The lowest BCUT2D eigenvalue weighted by Crippen LogP contribution is -2.01. The second-order valence-corrected chi connectivity index (χ2v) is 5.39. The summed E-state index contributed by atoms with van der Waals surface area (Å²) in [4.78, 5) is 11.1. The Kier molecular flexibility index (Phi) is 4.71. The minimum absolute atomic E-state index is 0.0285. The fourth-order valence-electron chi connectivity index (χ4n) is 1.94. The Morgan fingerprint density at radius 2 is 2.14 bits per heavy atom. The number of hydrogen-bond donors (Lipinski definition) is 0. The van der Waals surface area contributed by atoms with Crippen molar-refractivity contribution in [1.82, 2.24) is 0 Å². The highest BCUT2D eigenvalue weighted by molar-refractivity contribution is 9.10. The van der Waals surface area contributed by atoms with Gasteiger partial charge in [-0.05, 0) is 42.3 Å². The Labute approximate surface area is 130 Å². The number of rotatable bonds is 4. The molecule has 0 aliphatic carbocycles. The quantitative estimate of drug-likeness (QED) is 0.780. The lowest BCUT2D eigenvalue weighted by atomic mass is 10.1. The molecule has 21 heavy (non-hydrogen) atoms. The van der Waals surface area contributed by atoms with Gasteiger partial charge in [-0.2, -0.15) is 5.26 Å². The molecule has 2 aromatic carbocycles. The van der Waals surface area contributed by atoms with Gasteiger partial charge >= 0.3 is 0 Å². The van der Waals surface area contributed by atoms with Crippen LogP contribution in [0.15, 0.2) is 34.8 Å². The lowest BCUT2D eigenvalue weighted by molar-refractivity contribution is 0.111. The van der Waals surface area contributed by atoms with Gasteiger partial charge in [-0.25, -0.2) is 4.39 Å². The minimum atomic E-state index is -0.561. The van der Waals surface area contributed by atoms with Gasteiger partial charge in [0.15, 0.2) is 6.29 Å². The normalized spacial score (nSPS) is 10.0. The Morgan fingerprint density at radius 3 is 2.81 bits per heavy atom. The first-order valence-corrected chi connectivity index (χ1v) is 6.91. The highest BCUT2D eigenvalue weighted by Crippen LogP contribution is 2.27. The van der Waals surface area contributed by atoms with E-state index in [4.69, 9.17) is 10.00 Å². The molecule has 0 atom stereocenters. The summed E-state index contributed by atoms with van der Waals surface area (Å²) in [7, 11) is 0. The molecular weight excluding hydrogens is 337 g/mol. The summed E-state index contributed by atoms with van der Waals surface area (Å²) in [6, 6.07) is 9.50.